The van der Waals surface area contributed by atoms with Crippen molar-refractivity contribution in [3.05, 3.63) is 337 Å². The Kier molecular flexibility index (Phi) is 14.7. The van der Waals surface area contributed by atoms with Crippen LogP contribution in [-0.4, -0.2) is 0 Å². The van der Waals surface area contributed by atoms with Gasteiger partial charge < -0.3 is 19.6 Å². The molecule has 0 radical (unpaired) electrons. The summed E-state index contributed by atoms with van der Waals surface area (Å²) in [4.78, 5) is 9.84. The van der Waals surface area contributed by atoms with Crippen LogP contribution in [0.5, 0.6) is 0 Å². The largest absolute Gasteiger partial charge is 0.310 e. The highest BCUT2D eigenvalue weighted by Gasteiger charge is 2.28. The van der Waals surface area contributed by atoms with E-state index >= 15 is 0 Å². The third-order valence-electron chi connectivity index (χ3n) is 17.2. The molecular formula is C84H68N4. The molecule has 0 fully saturated rings. The molecule has 4 heteroatoms. The summed E-state index contributed by atoms with van der Waals surface area (Å²) in [6.07, 6.45) is 0. The van der Waals surface area contributed by atoms with Crippen molar-refractivity contribution >= 4 is 101 Å². The average molecular weight is 1130 g/mol. The van der Waals surface area contributed by atoms with Crippen LogP contribution in [0.15, 0.2) is 303 Å². The Morgan fingerprint density at radius 2 is 0.409 bits per heavy atom. The highest BCUT2D eigenvalue weighted by atomic mass is 15.2. The van der Waals surface area contributed by atoms with Crippen LogP contribution >= 0.6 is 0 Å². The second-order valence-electron chi connectivity index (χ2n) is 23.3. The highest BCUT2D eigenvalue weighted by molar-refractivity contribution is 6.16. The lowest BCUT2D eigenvalue weighted by Gasteiger charge is -2.33. The topological polar surface area (TPSA) is 13.0 Å². The first-order chi connectivity index (χ1) is 43.2. The minimum absolute atomic E-state index is 1.05. The van der Waals surface area contributed by atoms with Crippen molar-refractivity contribution < 1.29 is 0 Å². The van der Waals surface area contributed by atoms with Crippen LogP contribution in [0.4, 0.5) is 68.2 Å². The summed E-state index contributed by atoms with van der Waals surface area (Å²) < 4.78 is 0. The number of rotatable bonds is 14. The first-order valence-corrected chi connectivity index (χ1v) is 30.5. The molecular weight excluding hydrogens is 1060 g/mol. The number of hydrogen-bond donors (Lipinski definition) is 0. The summed E-state index contributed by atoms with van der Waals surface area (Å²) in [5, 5.41) is 6.76. The molecule has 0 bridgehead atoms. The van der Waals surface area contributed by atoms with Crippen molar-refractivity contribution in [2.45, 2.75) is 41.5 Å². The third-order valence-corrected chi connectivity index (χ3v) is 17.2. The molecule has 4 nitrogen and oxygen atoms in total. The van der Waals surface area contributed by atoms with Crippen LogP contribution in [0.2, 0.25) is 0 Å². The van der Waals surface area contributed by atoms with Crippen LogP contribution in [0.3, 0.4) is 0 Å². The second-order valence-corrected chi connectivity index (χ2v) is 23.3. The molecule has 0 aliphatic rings. The van der Waals surface area contributed by atoms with Crippen molar-refractivity contribution in [3.8, 4) is 22.3 Å². The molecule has 0 amide bonds. The van der Waals surface area contributed by atoms with Crippen LogP contribution < -0.4 is 19.6 Å². The van der Waals surface area contributed by atoms with Crippen LogP contribution in [0, 0.1) is 41.5 Å². The molecule has 14 aromatic rings. The van der Waals surface area contributed by atoms with Gasteiger partial charge in [0.05, 0.1) is 34.1 Å². The first kappa shape index (κ1) is 55.0. The van der Waals surface area contributed by atoms with E-state index in [4.69, 9.17) is 0 Å². The molecule has 0 atom stereocenters. The van der Waals surface area contributed by atoms with Gasteiger partial charge in [-0.2, -0.15) is 0 Å². The van der Waals surface area contributed by atoms with E-state index < -0.39 is 0 Å². The van der Waals surface area contributed by atoms with E-state index in [-0.39, 0.29) is 0 Å². The van der Waals surface area contributed by atoms with Crippen LogP contribution in [0.25, 0.3) is 54.6 Å². The monoisotopic (exact) mass is 1130 g/mol. The number of fused-ring (bicyclic) bond motifs is 3. The van der Waals surface area contributed by atoms with Crippen molar-refractivity contribution in [1.82, 2.24) is 0 Å². The van der Waals surface area contributed by atoms with Crippen LogP contribution in [-0.2, 0) is 0 Å². The molecule has 0 aliphatic heterocycles. The zero-order valence-electron chi connectivity index (χ0n) is 50.7. The van der Waals surface area contributed by atoms with Gasteiger partial charge in [-0.25, -0.2) is 0 Å². The summed E-state index contributed by atoms with van der Waals surface area (Å²) in [5.74, 6) is 0. The number of aryl methyl sites for hydroxylation is 6. The van der Waals surface area contributed by atoms with E-state index in [1.54, 1.807) is 0 Å². The zero-order chi connectivity index (χ0) is 59.8. The van der Waals surface area contributed by atoms with Gasteiger partial charge >= 0.3 is 0 Å². The highest BCUT2D eigenvalue weighted by Crippen LogP contribution is 2.53. The van der Waals surface area contributed by atoms with E-state index in [1.165, 1.54) is 44.5 Å². The van der Waals surface area contributed by atoms with Crippen LogP contribution in [0.1, 0.15) is 33.4 Å². The fourth-order valence-electron chi connectivity index (χ4n) is 13.8. The molecule has 14 aromatic carbocycles. The molecule has 0 spiro atoms. The lowest BCUT2D eigenvalue weighted by Crippen LogP contribution is -2.15. The molecule has 88 heavy (non-hydrogen) atoms. The zero-order valence-corrected chi connectivity index (χ0v) is 50.7. The van der Waals surface area contributed by atoms with Gasteiger partial charge in [-0.3, -0.25) is 0 Å². The minimum Gasteiger partial charge on any atom is -0.310 e. The number of benzene rings is 14. The second kappa shape index (κ2) is 23.5. The van der Waals surface area contributed by atoms with Gasteiger partial charge in [0.1, 0.15) is 0 Å². The van der Waals surface area contributed by atoms with Gasteiger partial charge in [0.25, 0.3) is 0 Å². The number of para-hydroxylation sites is 6. The summed E-state index contributed by atoms with van der Waals surface area (Å²) in [6, 6.07) is 111. The Morgan fingerprint density at radius 1 is 0.182 bits per heavy atom. The standard InChI is InChI=1S/C84H68N4/c1-57-49-59(3)83(60(4)50-57)63-53-75-76(81(55-63)87(69-37-21-11-22-38-69)79-47-27-41-71-73(79)43-25-45-77(71)85(65-29-13-7-14-30-65)66-31-15-8-16-32-66)54-64(84-61(5)51-58(2)52-62(84)6)56-82(75)88(70-39-23-12-24-40-70)80-48-28-42-72-74(80)44-26-46-78(72)86(67-33-17-9-18-34-67)68-35-19-10-20-36-68/h7-56H,1-6H3. The maximum Gasteiger partial charge on any atom is 0.0547 e. The van der Waals surface area contributed by atoms with E-state index in [0.717, 1.165) is 112 Å². The smallest absolute Gasteiger partial charge is 0.0547 e. The number of nitrogens with zero attached hydrogens (tertiary/aromatic N) is 4. The van der Waals surface area contributed by atoms with E-state index in [0.29, 0.717) is 0 Å². The fraction of sp³-hybridized carbons (Fsp3) is 0.0714. The molecule has 14 rings (SSSR count). The maximum absolute atomic E-state index is 2.54. The lowest BCUT2D eigenvalue weighted by molar-refractivity contribution is 1.28. The minimum atomic E-state index is 1.05. The van der Waals surface area contributed by atoms with Gasteiger partial charge in [-0.15, -0.1) is 0 Å². The van der Waals surface area contributed by atoms with Gasteiger partial charge in [0.15, 0.2) is 0 Å². The molecule has 0 saturated carbocycles. The van der Waals surface area contributed by atoms with Crippen molar-refractivity contribution in [2.24, 2.45) is 0 Å². The Bertz CT molecular complexity index is 4420. The summed E-state index contributed by atoms with van der Waals surface area (Å²) in [5.41, 5.74) is 25.1. The molecule has 0 heterocycles. The first-order valence-electron chi connectivity index (χ1n) is 30.5. The fourth-order valence-corrected chi connectivity index (χ4v) is 13.8. The molecule has 0 saturated heterocycles. The molecule has 424 valence electrons. The van der Waals surface area contributed by atoms with Gasteiger partial charge in [-0.05, 0) is 207 Å². The van der Waals surface area contributed by atoms with E-state index in [1.807, 2.05) is 0 Å². The maximum atomic E-state index is 2.54. The molecule has 0 aromatic heterocycles. The molecule has 0 unspecified atom stereocenters. The summed E-state index contributed by atoms with van der Waals surface area (Å²) >= 11 is 0. The van der Waals surface area contributed by atoms with E-state index in [9.17, 15) is 0 Å². The van der Waals surface area contributed by atoms with Gasteiger partial charge in [0.2, 0.25) is 0 Å². The quantitative estimate of drug-likeness (QED) is 0.108. The summed E-state index contributed by atoms with van der Waals surface area (Å²) in [7, 11) is 0. The Labute approximate surface area is 517 Å². The Hall–Kier alpha value is -10.9. The Balaban J connectivity index is 1.11. The number of hydrogen-bond acceptors (Lipinski definition) is 4. The van der Waals surface area contributed by atoms with Gasteiger partial charge in [0, 0.05) is 66.4 Å². The number of anilines is 12. The van der Waals surface area contributed by atoms with E-state index in [2.05, 4.69) is 364 Å². The molecule has 0 aliphatic carbocycles. The SMILES string of the molecule is Cc1cc(C)c(-c2cc(N(c3ccccc3)c3cccc4c(N(c5ccccc5)c5ccccc5)cccc34)c3cc(-c4c(C)cc(C)cc4C)cc(N(c4ccccc4)c4cccc5c(N(c6ccccc6)c6ccccc6)cccc45)c3c2)c(C)c1. The Morgan fingerprint density at radius 3 is 0.659 bits per heavy atom. The third kappa shape index (κ3) is 10.2. The lowest BCUT2D eigenvalue weighted by atomic mass is 9.88. The predicted molar refractivity (Wildman–Crippen MR) is 377 cm³/mol. The predicted octanol–water partition coefficient (Wildman–Crippen LogP) is 24.2. The molecule has 0 N–H and O–H groups in total. The van der Waals surface area contributed by atoms with Gasteiger partial charge in [-0.1, -0.05) is 193 Å². The summed E-state index contributed by atoms with van der Waals surface area (Å²) in [6.45, 7) is 13.5. The van der Waals surface area contributed by atoms with Crippen molar-refractivity contribution in [1.29, 1.82) is 0 Å². The normalized spacial score (nSPS) is 11.3. The average Bonchev–Trinajstić information content (AvgIpc) is 1.10. The van der Waals surface area contributed by atoms with Crippen molar-refractivity contribution in [3.63, 3.8) is 0 Å². The van der Waals surface area contributed by atoms with Crippen molar-refractivity contribution in [2.75, 3.05) is 19.6 Å².